The highest BCUT2D eigenvalue weighted by Crippen LogP contribution is 2.30. The number of hydrazone groups is 1. The Morgan fingerprint density at radius 2 is 1.81 bits per heavy atom. The lowest BCUT2D eigenvalue weighted by Crippen LogP contribution is -2.25. The first kappa shape index (κ1) is 23.0. The zero-order valence-electron chi connectivity index (χ0n) is 17.2. The molecule has 0 saturated carbocycles. The minimum Gasteiger partial charge on any atom is -0.488 e. The molecule has 0 heterocycles. The van der Waals surface area contributed by atoms with Crippen molar-refractivity contribution in [2.45, 2.75) is 20.5 Å². The molecule has 31 heavy (non-hydrogen) atoms. The Hall–Kier alpha value is -2.64. The summed E-state index contributed by atoms with van der Waals surface area (Å²) >= 11 is 6.93. The van der Waals surface area contributed by atoms with E-state index in [9.17, 15) is 4.79 Å². The lowest BCUT2D eigenvalue weighted by molar-refractivity contribution is -0.123. The average molecular weight is 546 g/mol. The first-order valence-corrected chi connectivity index (χ1v) is 11.2. The lowest BCUT2D eigenvalue weighted by Gasteiger charge is -2.11. The van der Waals surface area contributed by atoms with Crippen LogP contribution in [0.25, 0.3) is 0 Å². The van der Waals surface area contributed by atoms with Crippen LogP contribution in [0.1, 0.15) is 22.3 Å². The molecule has 1 amide bonds. The van der Waals surface area contributed by atoms with Gasteiger partial charge in [-0.2, -0.15) is 5.10 Å². The van der Waals surface area contributed by atoms with E-state index in [2.05, 4.69) is 42.4 Å². The van der Waals surface area contributed by atoms with Crippen LogP contribution in [0.4, 0.5) is 0 Å². The quantitative estimate of drug-likeness (QED) is 0.281. The third kappa shape index (κ3) is 6.94. The molecule has 0 radical (unpaired) electrons. The third-order valence-corrected chi connectivity index (χ3v) is 5.41. The first-order valence-electron chi connectivity index (χ1n) is 9.60. The van der Waals surface area contributed by atoms with Gasteiger partial charge in [0.05, 0.1) is 10.7 Å². The van der Waals surface area contributed by atoms with Gasteiger partial charge in [0.2, 0.25) is 0 Å². The summed E-state index contributed by atoms with van der Waals surface area (Å²) in [6.45, 7) is 4.24. The molecule has 3 rings (SSSR count). The van der Waals surface area contributed by atoms with Gasteiger partial charge in [0, 0.05) is 10.0 Å². The minimum absolute atomic E-state index is 0.143. The number of amides is 1. The second-order valence-electron chi connectivity index (χ2n) is 6.93. The molecule has 3 aromatic carbocycles. The Bertz CT molecular complexity index is 1060. The molecule has 0 bridgehead atoms. The summed E-state index contributed by atoms with van der Waals surface area (Å²) in [5.41, 5.74) is 6.37. The van der Waals surface area contributed by atoms with Crippen molar-refractivity contribution in [2.24, 2.45) is 5.10 Å². The molecule has 3 aromatic rings. The van der Waals surface area contributed by atoms with Gasteiger partial charge in [0.15, 0.2) is 6.61 Å². The second kappa shape index (κ2) is 11.1. The number of ether oxygens (including phenoxy) is 2. The van der Waals surface area contributed by atoms with Crippen LogP contribution in [0.15, 0.2) is 74.7 Å². The van der Waals surface area contributed by atoms with E-state index < -0.39 is 0 Å². The van der Waals surface area contributed by atoms with E-state index in [0.717, 1.165) is 31.2 Å². The average Bonchev–Trinajstić information content (AvgIpc) is 2.73. The predicted molar refractivity (Wildman–Crippen MR) is 130 cm³/mol. The molecule has 0 saturated heterocycles. The molecule has 0 spiro atoms. The number of hydrogen-bond acceptors (Lipinski definition) is 4. The monoisotopic (exact) mass is 544 g/mol. The number of nitrogens with one attached hydrogen (secondary N) is 1. The smallest absolute Gasteiger partial charge is 0.277 e. The molecule has 0 aliphatic rings. The van der Waals surface area contributed by atoms with E-state index in [-0.39, 0.29) is 12.5 Å². The molecule has 160 valence electrons. The Kier molecular flexibility index (Phi) is 8.26. The first-order chi connectivity index (χ1) is 14.9. The molecule has 5 nitrogen and oxygen atoms in total. The number of benzene rings is 3. The summed E-state index contributed by atoms with van der Waals surface area (Å²) < 4.78 is 13.3. The van der Waals surface area contributed by atoms with E-state index in [4.69, 9.17) is 9.47 Å². The summed E-state index contributed by atoms with van der Waals surface area (Å²) in [6, 6.07) is 19.5. The highest BCUT2D eigenvalue weighted by Gasteiger charge is 2.09. The molecule has 0 atom stereocenters. The summed E-state index contributed by atoms with van der Waals surface area (Å²) in [4.78, 5) is 12.2. The fraction of sp³-hybridized carbons (Fsp3) is 0.167. The Morgan fingerprint density at radius 3 is 2.55 bits per heavy atom. The molecule has 0 aliphatic carbocycles. The molecular weight excluding hydrogens is 524 g/mol. The molecule has 0 aliphatic heterocycles. The third-order valence-electron chi connectivity index (χ3n) is 4.32. The zero-order chi connectivity index (χ0) is 22.2. The van der Waals surface area contributed by atoms with Crippen molar-refractivity contribution >= 4 is 44.0 Å². The Morgan fingerprint density at radius 1 is 1.03 bits per heavy atom. The zero-order valence-corrected chi connectivity index (χ0v) is 20.4. The van der Waals surface area contributed by atoms with Gasteiger partial charge in [-0.15, -0.1) is 0 Å². The molecular formula is C24H22Br2N2O3. The Balaban J connectivity index is 1.58. The number of halogens is 2. The highest BCUT2D eigenvalue weighted by molar-refractivity contribution is 9.10. The lowest BCUT2D eigenvalue weighted by atomic mass is 10.1. The van der Waals surface area contributed by atoms with Crippen molar-refractivity contribution in [2.75, 3.05) is 6.61 Å². The van der Waals surface area contributed by atoms with Crippen molar-refractivity contribution < 1.29 is 14.3 Å². The maximum Gasteiger partial charge on any atom is 0.277 e. The van der Waals surface area contributed by atoms with Gasteiger partial charge in [-0.1, -0.05) is 52.3 Å². The molecule has 0 unspecified atom stereocenters. The van der Waals surface area contributed by atoms with Gasteiger partial charge in [-0.3, -0.25) is 4.79 Å². The molecule has 7 heteroatoms. The Labute approximate surface area is 198 Å². The van der Waals surface area contributed by atoms with Crippen LogP contribution in [-0.2, 0) is 11.4 Å². The highest BCUT2D eigenvalue weighted by atomic mass is 79.9. The fourth-order valence-electron chi connectivity index (χ4n) is 2.92. The number of carbonyl (C=O) groups excluding carboxylic acids is 1. The minimum atomic E-state index is -0.357. The van der Waals surface area contributed by atoms with Crippen molar-refractivity contribution in [1.82, 2.24) is 5.43 Å². The predicted octanol–water partition coefficient (Wildman–Crippen LogP) is 5.94. The number of rotatable bonds is 8. The topological polar surface area (TPSA) is 59.9 Å². The van der Waals surface area contributed by atoms with Gasteiger partial charge < -0.3 is 9.47 Å². The van der Waals surface area contributed by atoms with Crippen LogP contribution in [-0.4, -0.2) is 18.7 Å². The van der Waals surface area contributed by atoms with E-state index in [1.165, 1.54) is 0 Å². The van der Waals surface area contributed by atoms with Crippen molar-refractivity contribution in [3.63, 3.8) is 0 Å². The van der Waals surface area contributed by atoms with Crippen LogP contribution in [0.5, 0.6) is 11.5 Å². The fourth-order valence-corrected chi connectivity index (χ4v) is 4.08. The van der Waals surface area contributed by atoms with Gasteiger partial charge >= 0.3 is 0 Å². The van der Waals surface area contributed by atoms with E-state index in [0.29, 0.717) is 18.1 Å². The van der Waals surface area contributed by atoms with Gasteiger partial charge in [0.25, 0.3) is 5.91 Å². The maximum atomic E-state index is 12.2. The standard InChI is InChI=1S/C24H22Br2N2O3/c1-16-10-17(2)24(21(26)11-16)31-15-23(29)28-27-13-19-12-20(25)8-9-22(19)30-14-18-6-4-3-5-7-18/h3-13H,14-15H2,1-2H3,(H,28,29). The van der Waals surface area contributed by atoms with Gasteiger partial charge in [-0.05, 0) is 70.7 Å². The normalized spacial score (nSPS) is 10.8. The van der Waals surface area contributed by atoms with Crippen LogP contribution in [0.3, 0.4) is 0 Å². The van der Waals surface area contributed by atoms with Gasteiger partial charge in [0.1, 0.15) is 18.1 Å². The maximum absolute atomic E-state index is 12.2. The largest absolute Gasteiger partial charge is 0.488 e. The van der Waals surface area contributed by atoms with Gasteiger partial charge in [-0.25, -0.2) is 5.43 Å². The van der Waals surface area contributed by atoms with E-state index in [1.807, 2.05) is 74.5 Å². The summed E-state index contributed by atoms with van der Waals surface area (Å²) in [7, 11) is 0. The van der Waals surface area contributed by atoms with Crippen molar-refractivity contribution in [3.05, 3.63) is 91.9 Å². The molecule has 0 fully saturated rings. The van der Waals surface area contributed by atoms with Crippen LogP contribution in [0, 0.1) is 13.8 Å². The molecule has 1 N–H and O–H groups in total. The van der Waals surface area contributed by atoms with Crippen LogP contribution >= 0.6 is 31.9 Å². The van der Waals surface area contributed by atoms with Crippen molar-refractivity contribution in [1.29, 1.82) is 0 Å². The number of hydrogen-bond donors (Lipinski definition) is 1. The van der Waals surface area contributed by atoms with Crippen LogP contribution < -0.4 is 14.9 Å². The number of carbonyl (C=O) groups is 1. The summed E-state index contributed by atoms with van der Waals surface area (Å²) in [6.07, 6.45) is 1.55. The number of aryl methyl sites for hydroxylation is 2. The van der Waals surface area contributed by atoms with E-state index >= 15 is 0 Å². The molecule has 0 aromatic heterocycles. The summed E-state index contributed by atoms with van der Waals surface area (Å²) in [5, 5.41) is 4.05. The number of nitrogens with zero attached hydrogens (tertiary/aromatic N) is 1. The van der Waals surface area contributed by atoms with E-state index in [1.54, 1.807) is 6.21 Å². The second-order valence-corrected chi connectivity index (χ2v) is 8.70. The van der Waals surface area contributed by atoms with Crippen LogP contribution in [0.2, 0.25) is 0 Å². The SMILES string of the molecule is Cc1cc(C)c(OCC(=O)NN=Cc2cc(Br)ccc2OCc2ccccc2)c(Br)c1. The van der Waals surface area contributed by atoms with Crippen molar-refractivity contribution in [3.8, 4) is 11.5 Å². The summed E-state index contributed by atoms with van der Waals surface area (Å²) in [5.74, 6) is 0.957.